The van der Waals surface area contributed by atoms with Crippen molar-refractivity contribution in [1.82, 2.24) is 24.7 Å². The van der Waals surface area contributed by atoms with E-state index in [1.807, 2.05) is 13.8 Å². The average Bonchev–Trinajstić information content (AvgIpc) is 2.99. The number of hydrogen-bond acceptors (Lipinski definition) is 6. The van der Waals surface area contributed by atoms with Gasteiger partial charge in [0.05, 0.1) is 12.3 Å². The highest BCUT2D eigenvalue weighted by Gasteiger charge is 2.18. The van der Waals surface area contributed by atoms with Crippen molar-refractivity contribution in [2.45, 2.75) is 39.5 Å². The molecule has 0 aliphatic rings. The molecule has 0 radical (unpaired) electrons. The number of unbranched alkanes of at least 4 members (excludes halogenated alkanes) is 1. The van der Waals surface area contributed by atoms with E-state index in [0.29, 0.717) is 17.7 Å². The average molecular weight is 385 g/mol. The van der Waals surface area contributed by atoms with Crippen LogP contribution in [0.5, 0.6) is 5.88 Å². The molecule has 9 heteroatoms. The van der Waals surface area contributed by atoms with Gasteiger partial charge < -0.3 is 14.8 Å². The number of carboxylic acids is 1. The molecular formula is C19H23N5O4. The predicted molar refractivity (Wildman–Crippen MR) is 104 cm³/mol. The number of carbonyl (C=O) groups is 1. The van der Waals surface area contributed by atoms with Gasteiger partial charge in [-0.05, 0) is 18.9 Å². The van der Waals surface area contributed by atoms with Gasteiger partial charge in [-0.3, -0.25) is 9.48 Å². The van der Waals surface area contributed by atoms with E-state index >= 15 is 0 Å². The molecule has 2 N–H and O–H groups in total. The second-order valence-corrected chi connectivity index (χ2v) is 6.52. The number of nitrogens with zero attached hydrogens (tertiary/aromatic N) is 4. The van der Waals surface area contributed by atoms with E-state index < -0.39 is 5.97 Å². The van der Waals surface area contributed by atoms with Crippen LogP contribution in [0.4, 0.5) is 0 Å². The molecule has 0 aromatic carbocycles. The van der Waals surface area contributed by atoms with Gasteiger partial charge in [-0.15, -0.1) is 0 Å². The number of hydrogen-bond donors (Lipinski definition) is 2. The van der Waals surface area contributed by atoms with Crippen molar-refractivity contribution in [3.63, 3.8) is 0 Å². The summed E-state index contributed by atoms with van der Waals surface area (Å²) >= 11 is 0. The first kappa shape index (κ1) is 19.5. The third-order valence-electron chi connectivity index (χ3n) is 4.39. The lowest BCUT2D eigenvalue weighted by Gasteiger charge is -2.09. The second kappa shape index (κ2) is 8.20. The fourth-order valence-electron chi connectivity index (χ4n) is 2.94. The fourth-order valence-corrected chi connectivity index (χ4v) is 2.94. The molecular weight excluding hydrogens is 362 g/mol. The van der Waals surface area contributed by atoms with Gasteiger partial charge in [0.25, 0.3) is 5.56 Å². The Balaban J connectivity index is 2.08. The van der Waals surface area contributed by atoms with Gasteiger partial charge >= 0.3 is 5.97 Å². The first-order valence-electron chi connectivity index (χ1n) is 9.28. The van der Waals surface area contributed by atoms with Crippen molar-refractivity contribution in [3.8, 4) is 17.3 Å². The van der Waals surface area contributed by atoms with Gasteiger partial charge in [0.1, 0.15) is 16.9 Å². The molecule has 3 rings (SSSR count). The number of fused-ring (bicyclic) bond motifs is 1. The van der Waals surface area contributed by atoms with Crippen LogP contribution >= 0.6 is 0 Å². The molecule has 0 amide bonds. The predicted octanol–water partition coefficient (Wildman–Crippen LogP) is 2.55. The van der Waals surface area contributed by atoms with Crippen molar-refractivity contribution in [2.24, 2.45) is 7.05 Å². The summed E-state index contributed by atoms with van der Waals surface area (Å²) < 4.78 is 7.14. The molecule has 0 unspecified atom stereocenters. The van der Waals surface area contributed by atoms with Gasteiger partial charge in [0.15, 0.2) is 5.52 Å². The molecule has 28 heavy (non-hydrogen) atoms. The number of H-pyrrole nitrogens is 1. The van der Waals surface area contributed by atoms with Gasteiger partial charge in [-0.25, -0.2) is 14.8 Å². The minimum Gasteiger partial charge on any atom is -0.477 e. The lowest BCUT2D eigenvalue weighted by molar-refractivity contribution is 0.0691. The van der Waals surface area contributed by atoms with E-state index in [9.17, 15) is 14.7 Å². The van der Waals surface area contributed by atoms with Crippen LogP contribution in [0.25, 0.3) is 22.4 Å². The summed E-state index contributed by atoms with van der Waals surface area (Å²) in [7, 11) is 1.78. The van der Waals surface area contributed by atoms with E-state index in [-0.39, 0.29) is 28.3 Å². The SMILES string of the molecule is CCCCOc1ncc(-c2nc3c(CCC)n(C)nc3c(=O)[nH]2)cc1C(=O)O. The number of aromatic amines is 1. The maximum Gasteiger partial charge on any atom is 0.341 e. The van der Waals surface area contributed by atoms with E-state index in [1.54, 1.807) is 11.7 Å². The van der Waals surface area contributed by atoms with E-state index in [4.69, 9.17) is 4.74 Å². The lowest BCUT2D eigenvalue weighted by atomic mass is 10.1. The molecule has 3 aromatic rings. The number of aromatic nitrogens is 5. The molecule has 0 bridgehead atoms. The Morgan fingerprint density at radius 3 is 2.75 bits per heavy atom. The van der Waals surface area contributed by atoms with Crippen LogP contribution in [0, 0.1) is 0 Å². The molecule has 0 saturated carbocycles. The van der Waals surface area contributed by atoms with Gasteiger partial charge in [-0.2, -0.15) is 5.10 Å². The third-order valence-corrected chi connectivity index (χ3v) is 4.39. The third kappa shape index (κ3) is 3.73. The second-order valence-electron chi connectivity index (χ2n) is 6.52. The highest BCUT2D eigenvalue weighted by Crippen LogP contribution is 2.24. The van der Waals surface area contributed by atoms with E-state index in [0.717, 1.165) is 31.4 Å². The summed E-state index contributed by atoms with van der Waals surface area (Å²) in [6.07, 6.45) is 4.79. The number of carboxylic acid groups (broad SMARTS) is 1. The first-order chi connectivity index (χ1) is 13.5. The summed E-state index contributed by atoms with van der Waals surface area (Å²) in [5, 5.41) is 13.8. The Hall–Kier alpha value is -3.23. The number of ether oxygens (including phenoxy) is 1. The first-order valence-corrected chi connectivity index (χ1v) is 9.28. The lowest BCUT2D eigenvalue weighted by Crippen LogP contribution is -2.11. The molecule has 0 fully saturated rings. The molecule has 3 aromatic heterocycles. The van der Waals surface area contributed by atoms with Crippen molar-refractivity contribution in [2.75, 3.05) is 6.61 Å². The highest BCUT2D eigenvalue weighted by atomic mass is 16.5. The van der Waals surface area contributed by atoms with Crippen molar-refractivity contribution >= 4 is 17.0 Å². The molecule has 3 heterocycles. The van der Waals surface area contributed by atoms with Crippen LogP contribution in [0.15, 0.2) is 17.1 Å². The number of rotatable bonds is 8. The minimum atomic E-state index is -1.16. The zero-order chi connectivity index (χ0) is 20.3. The zero-order valence-corrected chi connectivity index (χ0v) is 16.2. The van der Waals surface area contributed by atoms with Crippen LogP contribution < -0.4 is 10.3 Å². The molecule has 148 valence electrons. The summed E-state index contributed by atoms with van der Waals surface area (Å²) in [5.41, 5.74) is 1.58. The normalized spacial score (nSPS) is 11.1. The van der Waals surface area contributed by atoms with Crippen LogP contribution in [0.1, 0.15) is 49.2 Å². The Morgan fingerprint density at radius 2 is 2.07 bits per heavy atom. The van der Waals surface area contributed by atoms with Crippen LogP contribution in [0.2, 0.25) is 0 Å². The maximum atomic E-state index is 12.5. The highest BCUT2D eigenvalue weighted by molar-refractivity contribution is 5.91. The van der Waals surface area contributed by atoms with Crippen LogP contribution in [-0.4, -0.2) is 42.4 Å². The number of pyridine rings is 1. The summed E-state index contributed by atoms with van der Waals surface area (Å²) in [6, 6.07) is 1.41. The largest absolute Gasteiger partial charge is 0.477 e. The van der Waals surface area contributed by atoms with E-state index in [2.05, 4.69) is 20.1 Å². The van der Waals surface area contributed by atoms with Gasteiger partial charge in [0, 0.05) is 18.8 Å². The Bertz CT molecular complexity index is 1070. The van der Waals surface area contributed by atoms with Gasteiger partial charge in [0.2, 0.25) is 5.88 Å². The molecule has 0 aliphatic heterocycles. The summed E-state index contributed by atoms with van der Waals surface area (Å²) in [4.78, 5) is 35.4. The molecule has 0 atom stereocenters. The zero-order valence-electron chi connectivity index (χ0n) is 16.2. The molecule has 9 nitrogen and oxygen atoms in total. The number of nitrogens with one attached hydrogen (secondary N) is 1. The Morgan fingerprint density at radius 1 is 1.29 bits per heavy atom. The van der Waals surface area contributed by atoms with Crippen molar-refractivity contribution < 1.29 is 14.6 Å². The number of aryl methyl sites for hydroxylation is 2. The van der Waals surface area contributed by atoms with Crippen LogP contribution in [-0.2, 0) is 13.5 Å². The minimum absolute atomic E-state index is 0.0566. The Labute approximate surface area is 161 Å². The van der Waals surface area contributed by atoms with E-state index in [1.165, 1.54) is 12.3 Å². The monoisotopic (exact) mass is 385 g/mol. The molecule has 0 spiro atoms. The quantitative estimate of drug-likeness (QED) is 0.571. The topological polar surface area (TPSA) is 123 Å². The van der Waals surface area contributed by atoms with Crippen LogP contribution in [0.3, 0.4) is 0 Å². The summed E-state index contributed by atoms with van der Waals surface area (Å²) in [5.74, 6) is -0.851. The maximum absolute atomic E-state index is 12.5. The van der Waals surface area contributed by atoms with Crippen molar-refractivity contribution in [3.05, 3.63) is 33.9 Å². The standard InChI is InChI=1S/C19H23N5O4/c1-4-6-8-28-18-12(19(26)27)9-11(10-20-18)16-21-14-13(7-5-2)24(3)23-15(14)17(25)22-16/h9-10H,4-8H2,1-3H3,(H,26,27)(H,21,22,25). The smallest absolute Gasteiger partial charge is 0.341 e. The van der Waals surface area contributed by atoms with Gasteiger partial charge in [-0.1, -0.05) is 26.7 Å². The summed E-state index contributed by atoms with van der Waals surface area (Å²) in [6.45, 7) is 4.44. The fraction of sp³-hybridized carbons (Fsp3) is 0.421. The van der Waals surface area contributed by atoms with Crippen molar-refractivity contribution in [1.29, 1.82) is 0 Å². The Kier molecular flexibility index (Phi) is 5.72. The molecule has 0 saturated heterocycles. The molecule has 0 aliphatic carbocycles. The number of aromatic carboxylic acids is 1.